The van der Waals surface area contributed by atoms with Crippen LogP contribution in [0.1, 0.15) is 17.0 Å². The van der Waals surface area contributed by atoms with E-state index in [0.29, 0.717) is 18.1 Å². The monoisotopic (exact) mass is 346 g/mol. The molecule has 0 bridgehead atoms. The largest absolute Gasteiger partial charge is 0.508 e. The lowest BCUT2D eigenvalue weighted by Gasteiger charge is -2.27. The number of aromatic hydroxyl groups is 2. The van der Waals surface area contributed by atoms with Crippen LogP contribution < -0.4 is 10.2 Å². The molecule has 5 nitrogen and oxygen atoms in total. The van der Waals surface area contributed by atoms with Crippen LogP contribution in [0.15, 0.2) is 77.9 Å². The van der Waals surface area contributed by atoms with Crippen LogP contribution in [0.4, 0.5) is 5.69 Å². The van der Waals surface area contributed by atoms with Crippen molar-refractivity contribution in [1.82, 2.24) is 0 Å². The van der Waals surface area contributed by atoms with Crippen LogP contribution in [0, 0.1) is 0 Å². The van der Waals surface area contributed by atoms with Gasteiger partial charge in [0.2, 0.25) is 5.90 Å². The minimum atomic E-state index is -0.0937. The Morgan fingerprint density at radius 1 is 0.885 bits per heavy atom. The number of benzene rings is 3. The fraction of sp³-hybridized carbons (Fsp3) is 0.0952. The summed E-state index contributed by atoms with van der Waals surface area (Å²) in [5.41, 5.74) is 5.87. The zero-order valence-electron chi connectivity index (χ0n) is 14.0. The lowest BCUT2D eigenvalue weighted by Crippen LogP contribution is -2.27. The highest BCUT2D eigenvalue weighted by atomic mass is 16.5. The van der Waals surface area contributed by atoms with E-state index < -0.39 is 0 Å². The van der Waals surface area contributed by atoms with Crippen molar-refractivity contribution < 1.29 is 14.9 Å². The summed E-state index contributed by atoms with van der Waals surface area (Å²) in [6, 6.07) is 21.8. The Hall–Kier alpha value is -3.47. The first kappa shape index (κ1) is 16.0. The fourth-order valence-corrected chi connectivity index (χ4v) is 3.00. The number of fused-ring (bicyclic) bond motifs is 1. The molecule has 0 amide bonds. The van der Waals surface area contributed by atoms with Crippen molar-refractivity contribution in [2.45, 2.75) is 12.3 Å². The minimum absolute atomic E-state index is 0.0937. The number of hydrogen-bond acceptors (Lipinski definition) is 5. The van der Waals surface area contributed by atoms with Crippen molar-refractivity contribution in [2.75, 3.05) is 5.43 Å². The van der Waals surface area contributed by atoms with Gasteiger partial charge < -0.3 is 14.9 Å². The number of hydrazone groups is 1. The first-order valence-electron chi connectivity index (χ1n) is 8.36. The second-order valence-electron chi connectivity index (χ2n) is 6.17. The molecule has 1 aliphatic heterocycles. The number of nitrogens with one attached hydrogen (secondary N) is 1. The second-order valence-corrected chi connectivity index (χ2v) is 6.17. The highest BCUT2D eigenvalue weighted by molar-refractivity contribution is 5.88. The maximum atomic E-state index is 9.73. The number of anilines is 1. The van der Waals surface area contributed by atoms with E-state index in [1.807, 2.05) is 48.5 Å². The molecule has 3 N–H and O–H groups in total. The quantitative estimate of drug-likeness (QED) is 0.620. The Kier molecular flexibility index (Phi) is 4.19. The molecule has 1 atom stereocenters. The molecule has 0 spiro atoms. The molecule has 0 fully saturated rings. The van der Waals surface area contributed by atoms with Gasteiger partial charge in [0.15, 0.2) is 0 Å². The molecule has 130 valence electrons. The van der Waals surface area contributed by atoms with E-state index in [9.17, 15) is 10.2 Å². The molecule has 26 heavy (non-hydrogen) atoms. The zero-order chi connectivity index (χ0) is 17.9. The molecule has 0 saturated heterocycles. The number of phenols is 2. The zero-order valence-corrected chi connectivity index (χ0v) is 14.0. The number of para-hydroxylation sites is 1. The molecule has 0 radical (unpaired) electrons. The van der Waals surface area contributed by atoms with E-state index >= 15 is 0 Å². The van der Waals surface area contributed by atoms with Crippen LogP contribution in [-0.4, -0.2) is 16.1 Å². The summed E-state index contributed by atoms with van der Waals surface area (Å²) in [5.74, 6) is 1.40. The molecular weight excluding hydrogens is 328 g/mol. The number of ether oxygens (including phenoxy) is 1. The first-order chi connectivity index (χ1) is 12.7. The van der Waals surface area contributed by atoms with Crippen LogP contribution in [0.5, 0.6) is 17.2 Å². The Morgan fingerprint density at radius 2 is 1.62 bits per heavy atom. The van der Waals surface area contributed by atoms with Crippen LogP contribution in [0.2, 0.25) is 0 Å². The van der Waals surface area contributed by atoms with E-state index in [4.69, 9.17) is 4.74 Å². The summed E-state index contributed by atoms with van der Waals surface area (Å²) in [4.78, 5) is 0. The van der Waals surface area contributed by atoms with Crippen molar-refractivity contribution >= 4 is 11.6 Å². The van der Waals surface area contributed by atoms with E-state index in [2.05, 4.69) is 10.5 Å². The van der Waals surface area contributed by atoms with Gasteiger partial charge in [-0.2, -0.15) is 0 Å². The molecule has 3 aromatic rings. The van der Waals surface area contributed by atoms with Crippen LogP contribution >= 0.6 is 0 Å². The van der Waals surface area contributed by atoms with E-state index in [-0.39, 0.29) is 17.4 Å². The van der Waals surface area contributed by atoms with Gasteiger partial charge in [0.1, 0.15) is 17.2 Å². The summed E-state index contributed by atoms with van der Waals surface area (Å²) in [6.45, 7) is 0. The van der Waals surface area contributed by atoms with Crippen molar-refractivity contribution in [3.8, 4) is 17.2 Å². The van der Waals surface area contributed by atoms with Gasteiger partial charge >= 0.3 is 0 Å². The second kappa shape index (κ2) is 6.80. The highest BCUT2D eigenvalue weighted by Gasteiger charge is 2.28. The third-order valence-electron chi connectivity index (χ3n) is 4.35. The third-order valence-corrected chi connectivity index (χ3v) is 4.35. The number of hydrogen-bond donors (Lipinski definition) is 3. The smallest absolute Gasteiger partial charge is 0.220 e. The van der Waals surface area contributed by atoms with Gasteiger partial charge in [-0.05, 0) is 47.9 Å². The summed E-state index contributed by atoms with van der Waals surface area (Å²) in [5, 5.41) is 23.8. The van der Waals surface area contributed by atoms with Crippen LogP contribution in [0.3, 0.4) is 0 Å². The SMILES string of the molecule is Oc1ccc(C2Cc3ccc(O)cc3OC2=NNc2ccccc2)cc1. The molecule has 5 heteroatoms. The van der Waals surface area contributed by atoms with Gasteiger partial charge in [-0.25, -0.2) is 0 Å². The van der Waals surface area contributed by atoms with Crippen molar-refractivity contribution in [2.24, 2.45) is 5.10 Å². The van der Waals surface area contributed by atoms with Gasteiger partial charge in [0.25, 0.3) is 0 Å². The topological polar surface area (TPSA) is 74.1 Å². The van der Waals surface area contributed by atoms with Crippen LogP contribution in [0.25, 0.3) is 0 Å². The fourth-order valence-electron chi connectivity index (χ4n) is 3.00. The molecular formula is C21H18N2O3. The van der Waals surface area contributed by atoms with Gasteiger partial charge in [-0.15, -0.1) is 5.10 Å². The van der Waals surface area contributed by atoms with E-state index in [1.54, 1.807) is 24.3 Å². The Labute approximate surface area is 151 Å². The van der Waals surface area contributed by atoms with Crippen molar-refractivity contribution in [3.63, 3.8) is 0 Å². The normalized spacial score (nSPS) is 17.4. The Bertz CT molecular complexity index is 937. The predicted octanol–water partition coefficient (Wildman–Crippen LogP) is 4.24. The lowest BCUT2D eigenvalue weighted by atomic mass is 9.89. The van der Waals surface area contributed by atoms with Crippen molar-refractivity contribution in [1.29, 1.82) is 0 Å². The minimum Gasteiger partial charge on any atom is -0.508 e. The molecule has 0 saturated carbocycles. The average Bonchev–Trinajstić information content (AvgIpc) is 2.67. The van der Waals surface area contributed by atoms with Gasteiger partial charge in [0, 0.05) is 6.07 Å². The maximum Gasteiger partial charge on any atom is 0.220 e. The molecule has 1 heterocycles. The highest BCUT2D eigenvalue weighted by Crippen LogP contribution is 2.36. The number of phenolic OH excluding ortho intramolecular Hbond substituents is 2. The Balaban J connectivity index is 1.70. The molecule has 1 unspecified atom stereocenters. The first-order valence-corrected chi connectivity index (χ1v) is 8.36. The van der Waals surface area contributed by atoms with E-state index in [0.717, 1.165) is 16.8 Å². The van der Waals surface area contributed by atoms with Crippen molar-refractivity contribution in [3.05, 3.63) is 83.9 Å². The lowest BCUT2D eigenvalue weighted by molar-refractivity contribution is 0.453. The Morgan fingerprint density at radius 3 is 2.38 bits per heavy atom. The number of rotatable bonds is 3. The van der Waals surface area contributed by atoms with Crippen LogP contribution in [-0.2, 0) is 6.42 Å². The third kappa shape index (κ3) is 3.32. The standard InChI is InChI=1S/C21H18N2O3/c24-17-9-6-14(7-10-17)19-12-15-8-11-18(25)13-20(15)26-21(19)23-22-16-4-2-1-3-5-16/h1-11,13,19,22,24-25H,12H2. The summed E-state index contributed by atoms with van der Waals surface area (Å²) in [7, 11) is 0. The van der Waals surface area contributed by atoms with Gasteiger partial charge in [0.05, 0.1) is 11.6 Å². The predicted molar refractivity (Wildman–Crippen MR) is 101 cm³/mol. The molecule has 3 aromatic carbocycles. The summed E-state index contributed by atoms with van der Waals surface area (Å²) >= 11 is 0. The number of nitrogens with zero attached hydrogens (tertiary/aromatic N) is 1. The summed E-state index contributed by atoms with van der Waals surface area (Å²) in [6.07, 6.45) is 0.690. The van der Waals surface area contributed by atoms with E-state index in [1.165, 1.54) is 0 Å². The molecule has 4 rings (SSSR count). The summed E-state index contributed by atoms with van der Waals surface area (Å²) < 4.78 is 6.00. The van der Waals surface area contributed by atoms with Gasteiger partial charge in [-0.3, -0.25) is 5.43 Å². The molecule has 1 aliphatic rings. The maximum absolute atomic E-state index is 9.73. The average molecular weight is 346 g/mol. The molecule has 0 aliphatic carbocycles. The molecule has 0 aromatic heterocycles. The van der Waals surface area contributed by atoms with Gasteiger partial charge in [-0.1, -0.05) is 36.4 Å².